The predicted molar refractivity (Wildman–Crippen MR) is 135 cm³/mol. The van der Waals surface area contributed by atoms with Crippen LogP contribution >= 0.6 is 0 Å². The van der Waals surface area contributed by atoms with E-state index in [9.17, 15) is 4.79 Å². The van der Waals surface area contributed by atoms with Gasteiger partial charge in [0.1, 0.15) is 0 Å². The molecule has 8 heteroatoms. The van der Waals surface area contributed by atoms with Gasteiger partial charge in [0.05, 0.1) is 31.2 Å². The molecule has 0 aliphatic carbocycles. The van der Waals surface area contributed by atoms with Crippen LogP contribution in [0.1, 0.15) is 44.6 Å². The Bertz CT molecular complexity index is 1300. The number of carbonyl (C=O) groups excluding carboxylic acids is 1. The molecule has 8 nitrogen and oxygen atoms in total. The van der Waals surface area contributed by atoms with Crippen molar-refractivity contribution in [2.24, 2.45) is 5.73 Å². The summed E-state index contributed by atoms with van der Waals surface area (Å²) in [5.74, 6) is 0.445. The third-order valence-electron chi connectivity index (χ3n) is 6.12. The number of nitrogens with one attached hydrogen (secondary N) is 1. The Morgan fingerprint density at radius 1 is 0.943 bits per heavy atom. The molecule has 1 amide bonds. The number of nitrogens with two attached hydrogens (primary N) is 1. The predicted octanol–water partition coefficient (Wildman–Crippen LogP) is 4.16. The summed E-state index contributed by atoms with van der Waals surface area (Å²) in [6.45, 7) is 10.2. The van der Waals surface area contributed by atoms with Crippen molar-refractivity contribution in [1.29, 1.82) is 0 Å². The van der Waals surface area contributed by atoms with E-state index < -0.39 is 6.09 Å². The summed E-state index contributed by atoms with van der Waals surface area (Å²) < 4.78 is 9.29. The number of hydrogen-bond acceptors (Lipinski definition) is 5. The van der Waals surface area contributed by atoms with Gasteiger partial charge >= 0.3 is 6.09 Å². The number of nitrogens with zero attached hydrogens (tertiary/aromatic N) is 4. The third-order valence-corrected chi connectivity index (χ3v) is 6.12. The first-order chi connectivity index (χ1) is 16.8. The van der Waals surface area contributed by atoms with Crippen molar-refractivity contribution < 1.29 is 9.53 Å². The number of benzene rings is 2. The maximum absolute atomic E-state index is 12.4. The van der Waals surface area contributed by atoms with Crippen molar-refractivity contribution in [2.45, 2.75) is 53.9 Å². The van der Waals surface area contributed by atoms with E-state index in [1.807, 2.05) is 61.6 Å². The molecular weight excluding hydrogens is 440 g/mol. The highest BCUT2D eigenvalue weighted by Crippen LogP contribution is 2.20. The molecule has 0 saturated carbocycles. The van der Waals surface area contributed by atoms with Crippen LogP contribution in [0.4, 0.5) is 4.79 Å². The van der Waals surface area contributed by atoms with Gasteiger partial charge in [-0.25, -0.2) is 4.79 Å². The Balaban J connectivity index is 1.33. The Hall–Kier alpha value is -3.91. The highest BCUT2D eigenvalue weighted by Gasteiger charge is 2.14. The van der Waals surface area contributed by atoms with Crippen LogP contribution in [-0.4, -0.2) is 25.7 Å². The highest BCUT2D eigenvalue weighted by molar-refractivity contribution is 5.70. The van der Waals surface area contributed by atoms with Crippen molar-refractivity contribution >= 4 is 6.09 Å². The van der Waals surface area contributed by atoms with Crippen molar-refractivity contribution in [3.63, 3.8) is 0 Å². The molecule has 0 unspecified atom stereocenters. The number of hydrogen-bond donors (Lipinski definition) is 2. The molecule has 0 atom stereocenters. The molecule has 0 fully saturated rings. The average Bonchev–Trinajstić information content (AvgIpc) is 3.39. The first-order valence-corrected chi connectivity index (χ1v) is 11.7. The van der Waals surface area contributed by atoms with E-state index in [1.54, 1.807) is 6.20 Å². The third kappa shape index (κ3) is 5.96. The number of rotatable bonds is 8. The number of carbonyl (C=O) groups is 1. The minimum absolute atomic E-state index is 0.388. The summed E-state index contributed by atoms with van der Waals surface area (Å²) in [5, 5.41) is 11.6. The second-order valence-corrected chi connectivity index (χ2v) is 8.94. The van der Waals surface area contributed by atoms with Crippen LogP contribution in [0.15, 0.2) is 55.0 Å². The molecule has 2 heterocycles. The minimum atomic E-state index is -0.507. The average molecular weight is 473 g/mol. The van der Waals surface area contributed by atoms with Gasteiger partial charge in [-0.15, -0.1) is 0 Å². The summed E-state index contributed by atoms with van der Waals surface area (Å²) in [7, 11) is 0. The lowest BCUT2D eigenvalue weighted by Gasteiger charge is -2.13. The largest absolute Gasteiger partial charge is 0.412 e. The smallest absolute Gasteiger partial charge is 0.407 e. The van der Waals surface area contributed by atoms with Crippen LogP contribution in [0.5, 0.6) is 5.75 Å². The molecule has 2 aromatic heterocycles. The number of aromatic nitrogens is 4. The Labute approximate surface area is 205 Å². The maximum Gasteiger partial charge on any atom is 0.412 e. The summed E-state index contributed by atoms with van der Waals surface area (Å²) >= 11 is 0. The normalized spacial score (nSPS) is 11.0. The monoisotopic (exact) mass is 472 g/mol. The fourth-order valence-corrected chi connectivity index (χ4v) is 4.13. The summed E-state index contributed by atoms with van der Waals surface area (Å²) in [6, 6.07) is 12.5. The number of ether oxygens (including phenoxy) is 1. The van der Waals surface area contributed by atoms with Gasteiger partial charge in [0, 0.05) is 19.3 Å². The molecule has 3 N–H and O–H groups in total. The quantitative estimate of drug-likeness (QED) is 0.401. The maximum atomic E-state index is 12.4. The van der Waals surface area contributed by atoms with E-state index in [1.165, 1.54) is 5.56 Å². The first-order valence-electron chi connectivity index (χ1n) is 11.7. The van der Waals surface area contributed by atoms with Crippen LogP contribution in [0, 0.1) is 27.7 Å². The van der Waals surface area contributed by atoms with Gasteiger partial charge < -0.3 is 15.8 Å². The van der Waals surface area contributed by atoms with Crippen molar-refractivity contribution in [2.75, 3.05) is 0 Å². The number of aryl methyl sites for hydroxylation is 3. The Morgan fingerprint density at radius 3 is 2.20 bits per heavy atom. The van der Waals surface area contributed by atoms with E-state index in [-0.39, 0.29) is 0 Å². The van der Waals surface area contributed by atoms with Crippen molar-refractivity contribution in [1.82, 2.24) is 24.9 Å². The van der Waals surface area contributed by atoms with Gasteiger partial charge in [-0.05, 0) is 66.6 Å². The standard InChI is InChI=1S/C27H32N6O2/c1-18-12-30-32(15-18)16-22-5-7-23(8-6-22)17-33-21(4)26(14-31-33)35-27(34)29-13-25-19(2)9-24(11-28)10-20(25)3/h5-10,12,14-15H,11,13,16-17,28H2,1-4H3,(H,29,34). The summed E-state index contributed by atoms with van der Waals surface area (Å²) in [5.41, 5.74) is 14.3. The van der Waals surface area contributed by atoms with Crippen LogP contribution in [0.3, 0.4) is 0 Å². The molecule has 4 rings (SSSR count). The van der Waals surface area contributed by atoms with Crippen LogP contribution < -0.4 is 15.8 Å². The summed E-state index contributed by atoms with van der Waals surface area (Å²) in [6.07, 6.45) is 4.96. The molecule has 182 valence electrons. The fourth-order valence-electron chi connectivity index (χ4n) is 4.13. The Kier molecular flexibility index (Phi) is 7.31. The second-order valence-electron chi connectivity index (χ2n) is 8.94. The zero-order valence-electron chi connectivity index (χ0n) is 20.7. The van der Waals surface area contributed by atoms with Gasteiger partial charge in [0.25, 0.3) is 0 Å². The molecular formula is C27H32N6O2. The van der Waals surface area contributed by atoms with Gasteiger partial charge in [-0.3, -0.25) is 9.36 Å². The first kappa shape index (κ1) is 24.2. The van der Waals surface area contributed by atoms with Gasteiger partial charge in [-0.1, -0.05) is 36.4 Å². The van der Waals surface area contributed by atoms with E-state index in [4.69, 9.17) is 10.5 Å². The molecule has 4 aromatic rings. The zero-order chi connectivity index (χ0) is 24.9. The highest BCUT2D eigenvalue weighted by atomic mass is 16.6. The Morgan fingerprint density at radius 2 is 1.60 bits per heavy atom. The molecule has 0 bridgehead atoms. The SMILES string of the molecule is Cc1cnn(Cc2ccc(Cn3ncc(OC(=O)NCc4c(C)cc(CN)cc4C)c3C)cc2)c1. The second kappa shape index (κ2) is 10.6. The lowest BCUT2D eigenvalue weighted by Crippen LogP contribution is -2.27. The molecule has 0 spiro atoms. The van der Waals surface area contributed by atoms with E-state index in [0.29, 0.717) is 25.4 Å². The molecule has 0 aliphatic heterocycles. The van der Waals surface area contributed by atoms with Crippen LogP contribution in [0.2, 0.25) is 0 Å². The van der Waals surface area contributed by atoms with Crippen LogP contribution in [-0.2, 0) is 26.2 Å². The van der Waals surface area contributed by atoms with Crippen molar-refractivity contribution in [3.8, 4) is 5.75 Å². The van der Waals surface area contributed by atoms with Gasteiger partial charge in [0.2, 0.25) is 0 Å². The van der Waals surface area contributed by atoms with Crippen LogP contribution in [0.25, 0.3) is 0 Å². The zero-order valence-corrected chi connectivity index (χ0v) is 20.7. The van der Waals surface area contributed by atoms with Crippen molar-refractivity contribution in [3.05, 3.63) is 99.6 Å². The molecule has 35 heavy (non-hydrogen) atoms. The van der Waals surface area contributed by atoms with Gasteiger partial charge in [0.15, 0.2) is 5.75 Å². The topological polar surface area (TPSA) is 100.0 Å². The lowest BCUT2D eigenvalue weighted by atomic mass is 9.99. The lowest BCUT2D eigenvalue weighted by molar-refractivity contribution is 0.199. The molecule has 0 radical (unpaired) electrons. The molecule has 2 aromatic carbocycles. The van der Waals surface area contributed by atoms with E-state index >= 15 is 0 Å². The number of amides is 1. The van der Waals surface area contributed by atoms with E-state index in [2.05, 4.69) is 39.8 Å². The fraction of sp³-hybridized carbons (Fsp3) is 0.296. The summed E-state index contributed by atoms with van der Waals surface area (Å²) in [4.78, 5) is 12.4. The van der Waals surface area contributed by atoms with E-state index in [0.717, 1.165) is 45.6 Å². The van der Waals surface area contributed by atoms with Gasteiger partial charge in [-0.2, -0.15) is 10.2 Å². The molecule has 0 saturated heterocycles. The minimum Gasteiger partial charge on any atom is -0.407 e. The molecule has 0 aliphatic rings.